The molecule has 0 fully saturated rings. The largest absolute Gasteiger partial charge is 0.534 e. The van der Waals surface area contributed by atoms with Crippen LogP contribution in [0.25, 0.3) is 21.9 Å². The molecule has 22 heavy (non-hydrogen) atoms. The van der Waals surface area contributed by atoms with Crippen LogP contribution >= 0.6 is 15.9 Å². The number of hydrogen-bond acceptors (Lipinski definition) is 4. The van der Waals surface area contributed by atoms with Crippen LogP contribution in [-0.4, -0.2) is 13.9 Å². The highest BCUT2D eigenvalue weighted by atomic mass is 79.9. The summed E-state index contributed by atoms with van der Waals surface area (Å²) in [5.74, 6) is -0.437. The van der Waals surface area contributed by atoms with E-state index >= 15 is 0 Å². The average Bonchev–Trinajstić information content (AvgIpc) is 2.77. The number of fused-ring (bicyclic) bond motifs is 3. The van der Waals surface area contributed by atoms with Gasteiger partial charge in [0, 0.05) is 10.8 Å². The zero-order chi connectivity index (χ0) is 16.1. The molecule has 116 valence electrons. The van der Waals surface area contributed by atoms with Crippen LogP contribution in [0.1, 0.15) is 0 Å². The molecule has 1 aromatic heterocycles. The van der Waals surface area contributed by atoms with Crippen molar-refractivity contribution in [1.82, 2.24) is 0 Å². The molecular weight excluding hydrogens is 389 g/mol. The minimum Gasteiger partial charge on any atom is -0.455 e. The van der Waals surface area contributed by atoms with Crippen molar-refractivity contribution in [2.75, 3.05) is 0 Å². The Labute approximate surface area is 130 Å². The number of hydrogen-bond donors (Lipinski definition) is 0. The van der Waals surface area contributed by atoms with E-state index in [1.807, 2.05) is 0 Å². The van der Waals surface area contributed by atoms with Crippen LogP contribution in [-0.2, 0) is 10.1 Å². The number of para-hydroxylation sites is 1. The van der Waals surface area contributed by atoms with Crippen LogP contribution in [0.2, 0.25) is 0 Å². The number of halogens is 4. The van der Waals surface area contributed by atoms with Gasteiger partial charge in [0.05, 0.1) is 4.47 Å². The van der Waals surface area contributed by atoms with Crippen LogP contribution in [0.5, 0.6) is 5.75 Å². The molecule has 0 aliphatic rings. The molecule has 3 rings (SSSR count). The Kier molecular flexibility index (Phi) is 3.37. The summed E-state index contributed by atoms with van der Waals surface area (Å²) in [4.78, 5) is 0. The van der Waals surface area contributed by atoms with Gasteiger partial charge >= 0.3 is 15.6 Å². The van der Waals surface area contributed by atoms with Crippen LogP contribution < -0.4 is 4.18 Å². The molecule has 0 amide bonds. The summed E-state index contributed by atoms with van der Waals surface area (Å²) in [7, 11) is -5.70. The van der Waals surface area contributed by atoms with E-state index in [2.05, 4.69) is 20.1 Å². The minimum atomic E-state index is -5.70. The molecule has 4 nitrogen and oxygen atoms in total. The molecular formula is C13H6BrF3O4S. The summed E-state index contributed by atoms with van der Waals surface area (Å²) in [6, 6.07) is 8.81. The van der Waals surface area contributed by atoms with E-state index in [0.29, 0.717) is 26.4 Å². The molecule has 2 aromatic carbocycles. The fourth-order valence-electron chi connectivity index (χ4n) is 1.97. The normalized spacial score (nSPS) is 12.9. The molecule has 9 heteroatoms. The third-order valence-corrected chi connectivity index (χ3v) is 4.51. The zero-order valence-corrected chi connectivity index (χ0v) is 12.9. The molecule has 0 saturated heterocycles. The lowest BCUT2D eigenvalue weighted by Crippen LogP contribution is -2.28. The van der Waals surface area contributed by atoms with Gasteiger partial charge in [0.25, 0.3) is 0 Å². The summed E-state index contributed by atoms with van der Waals surface area (Å²) in [6.45, 7) is 0. The second-order valence-electron chi connectivity index (χ2n) is 4.36. The van der Waals surface area contributed by atoms with Crippen LogP contribution in [0.4, 0.5) is 13.2 Å². The SMILES string of the molecule is O=S(=O)(Oc1ccc2oc3c(Br)cccc3c2c1)C(F)(F)F. The van der Waals surface area contributed by atoms with E-state index < -0.39 is 21.4 Å². The minimum absolute atomic E-state index is 0.402. The molecule has 3 aromatic rings. The van der Waals surface area contributed by atoms with Crippen molar-refractivity contribution in [1.29, 1.82) is 0 Å². The molecule has 0 aliphatic heterocycles. The van der Waals surface area contributed by atoms with Crippen LogP contribution in [0.3, 0.4) is 0 Å². The monoisotopic (exact) mass is 394 g/mol. The average molecular weight is 395 g/mol. The highest BCUT2D eigenvalue weighted by Crippen LogP contribution is 2.36. The molecule has 0 saturated carbocycles. The topological polar surface area (TPSA) is 56.5 Å². The highest BCUT2D eigenvalue weighted by Gasteiger charge is 2.48. The number of rotatable bonds is 2. The van der Waals surface area contributed by atoms with Gasteiger partial charge < -0.3 is 8.60 Å². The first-order valence-electron chi connectivity index (χ1n) is 5.80. The first-order valence-corrected chi connectivity index (χ1v) is 8.01. The van der Waals surface area contributed by atoms with Gasteiger partial charge in [-0.1, -0.05) is 12.1 Å². The number of furan rings is 1. The first kappa shape index (κ1) is 15.2. The van der Waals surface area contributed by atoms with Gasteiger partial charge in [0.1, 0.15) is 16.9 Å². The fraction of sp³-hybridized carbons (Fsp3) is 0.0769. The van der Waals surface area contributed by atoms with Gasteiger partial charge in [-0.2, -0.15) is 21.6 Å². The maximum atomic E-state index is 12.3. The van der Waals surface area contributed by atoms with Crippen LogP contribution in [0.15, 0.2) is 45.3 Å². The number of alkyl halides is 3. The quantitative estimate of drug-likeness (QED) is 0.471. The van der Waals surface area contributed by atoms with Crippen molar-refractivity contribution in [3.63, 3.8) is 0 Å². The van der Waals surface area contributed by atoms with Gasteiger partial charge in [-0.15, -0.1) is 0 Å². The maximum Gasteiger partial charge on any atom is 0.534 e. The van der Waals surface area contributed by atoms with E-state index in [0.717, 1.165) is 6.07 Å². The smallest absolute Gasteiger partial charge is 0.455 e. The van der Waals surface area contributed by atoms with Gasteiger partial charge in [0.15, 0.2) is 0 Å². The predicted molar refractivity (Wildman–Crippen MR) is 77.0 cm³/mol. The molecule has 0 bridgehead atoms. The van der Waals surface area contributed by atoms with E-state index in [-0.39, 0.29) is 0 Å². The van der Waals surface area contributed by atoms with Gasteiger partial charge in [-0.25, -0.2) is 0 Å². The highest BCUT2D eigenvalue weighted by molar-refractivity contribution is 9.10. The van der Waals surface area contributed by atoms with E-state index in [1.54, 1.807) is 18.2 Å². The Morgan fingerprint density at radius 3 is 2.50 bits per heavy atom. The summed E-state index contributed by atoms with van der Waals surface area (Å²) in [5.41, 5.74) is -4.57. The van der Waals surface area contributed by atoms with Gasteiger partial charge in [0.2, 0.25) is 0 Å². The molecule has 0 spiro atoms. The van der Waals surface area contributed by atoms with Crippen molar-refractivity contribution in [3.05, 3.63) is 40.9 Å². The van der Waals surface area contributed by atoms with Crippen LogP contribution in [0, 0.1) is 0 Å². The molecule has 0 radical (unpaired) electrons. The standard InChI is InChI=1S/C13H6BrF3O4S/c14-10-3-1-2-8-9-6-7(4-5-11(9)20-12(8)10)21-22(18,19)13(15,16)17/h1-6H. The van der Waals surface area contributed by atoms with Crippen molar-refractivity contribution in [2.45, 2.75) is 5.51 Å². The molecule has 1 heterocycles. The summed E-state index contributed by atoms with van der Waals surface area (Å²) < 4.78 is 69.4. The molecule has 0 unspecified atom stereocenters. The number of benzene rings is 2. The molecule has 0 N–H and O–H groups in total. The zero-order valence-electron chi connectivity index (χ0n) is 10.5. The lowest BCUT2D eigenvalue weighted by molar-refractivity contribution is -0.0500. The predicted octanol–water partition coefficient (Wildman–Crippen LogP) is 4.58. The van der Waals surface area contributed by atoms with E-state index in [9.17, 15) is 21.6 Å². The summed E-state index contributed by atoms with van der Waals surface area (Å²) in [5, 5.41) is 1.07. The van der Waals surface area contributed by atoms with Crippen molar-refractivity contribution < 1.29 is 30.2 Å². The van der Waals surface area contributed by atoms with Crippen molar-refractivity contribution in [3.8, 4) is 5.75 Å². The van der Waals surface area contributed by atoms with E-state index in [1.165, 1.54) is 12.1 Å². The van der Waals surface area contributed by atoms with Crippen molar-refractivity contribution in [2.24, 2.45) is 0 Å². The fourth-order valence-corrected chi connectivity index (χ4v) is 2.87. The maximum absolute atomic E-state index is 12.3. The Balaban J connectivity index is 2.14. The molecule has 0 atom stereocenters. The third-order valence-electron chi connectivity index (χ3n) is 2.91. The van der Waals surface area contributed by atoms with Crippen molar-refractivity contribution >= 4 is 48.0 Å². The second kappa shape index (κ2) is 4.88. The van der Waals surface area contributed by atoms with E-state index in [4.69, 9.17) is 4.42 Å². The summed E-state index contributed by atoms with van der Waals surface area (Å²) >= 11 is 3.30. The lowest BCUT2D eigenvalue weighted by Gasteiger charge is -2.09. The first-order chi connectivity index (χ1) is 10.2. The Bertz CT molecular complexity index is 976. The lowest BCUT2D eigenvalue weighted by atomic mass is 10.1. The Morgan fingerprint density at radius 2 is 1.82 bits per heavy atom. The Hall–Kier alpha value is -1.74. The molecule has 0 aliphatic carbocycles. The summed E-state index contributed by atoms with van der Waals surface area (Å²) in [6.07, 6.45) is 0. The third kappa shape index (κ3) is 2.44. The Morgan fingerprint density at radius 1 is 1.09 bits per heavy atom. The van der Waals surface area contributed by atoms with Gasteiger partial charge in [-0.05, 0) is 40.2 Å². The second-order valence-corrected chi connectivity index (χ2v) is 6.75. The van der Waals surface area contributed by atoms with Gasteiger partial charge in [-0.3, -0.25) is 0 Å².